The van der Waals surface area contributed by atoms with Crippen LogP contribution >= 0.6 is 0 Å². The van der Waals surface area contributed by atoms with Crippen molar-refractivity contribution in [3.05, 3.63) is 43.3 Å². The molecule has 0 heterocycles. The first-order valence-corrected chi connectivity index (χ1v) is 4.25. The maximum atomic E-state index is 5.24. The Balaban J connectivity index is 2.53. The van der Waals surface area contributed by atoms with E-state index in [2.05, 4.69) is 25.7 Å². The van der Waals surface area contributed by atoms with Crippen LogP contribution in [0.25, 0.3) is 0 Å². The van der Waals surface area contributed by atoms with Crippen LogP contribution in [-0.4, -0.2) is 0 Å². The Hall–Kier alpha value is -0.700. The van der Waals surface area contributed by atoms with E-state index in [1.807, 2.05) is 18.9 Å². The van der Waals surface area contributed by atoms with E-state index >= 15 is 0 Å². The molecule has 0 unspecified atom stereocenters. The molecule has 0 aliphatic heterocycles. The number of rotatable bonds is 3. The molecule has 1 saturated carbocycles. The molecular weight excluding hydrogens is 144 g/mol. The highest BCUT2D eigenvalue weighted by molar-refractivity contribution is 5.49. The van der Waals surface area contributed by atoms with Gasteiger partial charge in [0.2, 0.25) is 0 Å². The van der Waals surface area contributed by atoms with Gasteiger partial charge in [0, 0.05) is 5.92 Å². The molecule has 0 bridgehead atoms. The van der Waals surface area contributed by atoms with E-state index in [0.717, 1.165) is 12.8 Å². The van der Waals surface area contributed by atoms with Crippen LogP contribution in [-0.2, 0) is 0 Å². The second-order valence-corrected chi connectivity index (χ2v) is 2.76. The summed E-state index contributed by atoms with van der Waals surface area (Å²) < 4.78 is 0. The molecule has 0 amide bonds. The predicted molar refractivity (Wildman–Crippen MR) is 52.3 cm³/mol. The maximum Gasteiger partial charge on any atom is 0.00892 e. The molecule has 0 aromatic heterocycles. The van der Waals surface area contributed by atoms with Crippen LogP contribution in [0.2, 0.25) is 0 Å². The van der Waals surface area contributed by atoms with Gasteiger partial charge in [0.25, 0.3) is 0 Å². The van der Waals surface area contributed by atoms with Gasteiger partial charge in [0.05, 0.1) is 0 Å². The minimum Gasteiger partial charge on any atom is -0.115 e. The Kier molecular flexibility index (Phi) is 3.94. The highest BCUT2D eigenvalue weighted by Gasteiger charge is 2.19. The summed E-state index contributed by atoms with van der Waals surface area (Å²) in [5.41, 5.74) is 1.27. The van der Waals surface area contributed by atoms with Crippen molar-refractivity contribution in [2.75, 3.05) is 0 Å². The van der Waals surface area contributed by atoms with Gasteiger partial charge in [-0.05, 0) is 38.2 Å². The third kappa shape index (κ3) is 2.41. The largest absolute Gasteiger partial charge is 0.115 e. The molecule has 1 aliphatic rings. The molecule has 0 spiro atoms. The van der Waals surface area contributed by atoms with Crippen molar-refractivity contribution >= 4 is 0 Å². The lowest BCUT2D eigenvalue weighted by molar-refractivity contribution is 0.894. The summed E-state index contributed by atoms with van der Waals surface area (Å²) >= 11 is 0. The van der Waals surface area contributed by atoms with Crippen LogP contribution < -0.4 is 0 Å². The summed E-state index contributed by atoms with van der Waals surface area (Å²) in [6.45, 7) is 2.16. The van der Waals surface area contributed by atoms with Crippen molar-refractivity contribution in [3.8, 4) is 12.3 Å². The van der Waals surface area contributed by atoms with E-state index in [9.17, 15) is 0 Å². The fourth-order valence-electron chi connectivity index (χ4n) is 1.26. The van der Waals surface area contributed by atoms with Gasteiger partial charge in [-0.1, -0.05) is 24.8 Å². The van der Waals surface area contributed by atoms with Gasteiger partial charge < -0.3 is 0 Å². The van der Waals surface area contributed by atoms with Gasteiger partial charge in [0.1, 0.15) is 0 Å². The lowest BCUT2D eigenvalue weighted by Crippen LogP contribution is -1.96. The first kappa shape index (κ1) is 9.39. The van der Waals surface area contributed by atoms with E-state index < -0.39 is 0 Å². The van der Waals surface area contributed by atoms with E-state index in [-0.39, 0.29) is 0 Å². The topological polar surface area (TPSA) is 0 Å². The van der Waals surface area contributed by atoms with E-state index in [0.29, 0.717) is 0 Å². The third-order valence-electron chi connectivity index (χ3n) is 1.81. The van der Waals surface area contributed by atoms with Gasteiger partial charge in [-0.2, -0.15) is 0 Å². The second-order valence-electron chi connectivity index (χ2n) is 2.76. The molecule has 61 valence electrons. The standard InChI is InChI=1S/C12H13/c1-3-7-11(8-4-2)12-9-5-6-10-12/h1,5-7,9-10H,4,8H2,2H3/b11-7+. The van der Waals surface area contributed by atoms with Crippen LogP contribution in [0.15, 0.2) is 11.6 Å². The molecule has 0 atom stereocenters. The van der Waals surface area contributed by atoms with Crippen molar-refractivity contribution in [3.63, 3.8) is 0 Å². The predicted octanol–water partition coefficient (Wildman–Crippen LogP) is 2.75. The van der Waals surface area contributed by atoms with Crippen molar-refractivity contribution in [2.45, 2.75) is 19.8 Å². The average molecular weight is 157 g/mol. The van der Waals surface area contributed by atoms with Gasteiger partial charge in [-0.25, -0.2) is 0 Å². The van der Waals surface area contributed by atoms with E-state index in [4.69, 9.17) is 6.42 Å². The minimum atomic E-state index is 1.06. The van der Waals surface area contributed by atoms with Crippen LogP contribution in [0.4, 0.5) is 0 Å². The zero-order chi connectivity index (χ0) is 8.81. The Morgan fingerprint density at radius 2 is 2.17 bits per heavy atom. The molecule has 0 heteroatoms. The van der Waals surface area contributed by atoms with Crippen molar-refractivity contribution in [1.82, 2.24) is 0 Å². The molecule has 0 nitrogen and oxygen atoms in total. The molecule has 0 N–H and O–H groups in total. The lowest BCUT2D eigenvalue weighted by Gasteiger charge is -2.10. The third-order valence-corrected chi connectivity index (χ3v) is 1.81. The smallest absolute Gasteiger partial charge is 0.00892 e. The zero-order valence-corrected chi connectivity index (χ0v) is 7.38. The Bertz CT molecular complexity index is 187. The van der Waals surface area contributed by atoms with E-state index in [1.165, 1.54) is 11.5 Å². The quantitative estimate of drug-likeness (QED) is 0.552. The van der Waals surface area contributed by atoms with Crippen molar-refractivity contribution < 1.29 is 0 Å². The number of hydrogen-bond donors (Lipinski definition) is 0. The van der Waals surface area contributed by atoms with Crippen LogP contribution in [0, 0.1) is 43.9 Å². The molecule has 0 aromatic rings. The highest BCUT2D eigenvalue weighted by atomic mass is 14.2. The van der Waals surface area contributed by atoms with Crippen LogP contribution in [0.1, 0.15) is 19.8 Å². The Morgan fingerprint density at radius 3 is 2.67 bits per heavy atom. The summed E-state index contributed by atoms with van der Waals surface area (Å²) in [4.78, 5) is 0. The molecule has 12 heavy (non-hydrogen) atoms. The zero-order valence-electron chi connectivity index (χ0n) is 7.38. The number of terminal acetylenes is 1. The summed E-state index contributed by atoms with van der Waals surface area (Å²) in [6, 6.07) is 0. The van der Waals surface area contributed by atoms with Gasteiger partial charge in [0.15, 0.2) is 0 Å². The van der Waals surface area contributed by atoms with E-state index in [1.54, 1.807) is 0 Å². The molecule has 1 aliphatic carbocycles. The first-order valence-electron chi connectivity index (χ1n) is 4.25. The molecule has 1 rings (SSSR count). The second kappa shape index (κ2) is 5.04. The van der Waals surface area contributed by atoms with Crippen molar-refractivity contribution in [1.29, 1.82) is 0 Å². The lowest BCUT2D eigenvalue weighted by atomic mass is 9.93. The fourth-order valence-corrected chi connectivity index (χ4v) is 1.26. The molecule has 5 radical (unpaired) electrons. The summed E-state index contributed by atoms with van der Waals surface area (Å²) in [5.74, 6) is 3.84. The number of allylic oxidation sites excluding steroid dienone is 2. The molecule has 1 fully saturated rings. The highest BCUT2D eigenvalue weighted by Crippen LogP contribution is 2.32. The van der Waals surface area contributed by atoms with Gasteiger partial charge in [-0.15, -0.1) is 6.42 Å². The molecule has 0 saturated heterocycles. The van der Waals surface area contributed by atoms with Gasteiger partial charge >= 0.3 is 0 Å². The maximum absolute atomic E-state index is 5.24. The van der Waals surface area contributed by atoms with Crippen molar-refractivity contribution in [2.24, 2.45) is 0 Å². The molecular formula is C12H13. The normalized spacial score (nSPS) is 19.5. The molecule has 0 aromatic carbocycles. The van der Waals surface area contributed by atoms with Gasteiger partial charge in [-0.3, -0.25) is 0 Å². The Labute approximate surface area is 76.1 Å². The minimum absolute atomic E-state index is 1.06. The number of hydrogen-bond acceptors (Lipinski definition) is 0. The SMILES string of the molecule is C#C/C=C(\CCC)[C]1[CH][CH][CH][CH]1. The van der Waals surface area contributed by atoms with Crippen LogP contribution in [0.5, 0.6) is 0 Å². The summed E-state index contributed by atoms with van der Waals surface area (Å²) in [5, 5.41) is 0. The van der Waals surface area contributed by atoms with Crippen LogP contribution in [0.3, 0.4) is 0 Å². The summed E-state index contributed by atoms with van der Waals surface area (Å²) in [7, 11) is 0. The first-order chi connectivity index (χ1) is 5.88. The fraction of sp³-hybridized carbons (Fsp3) is 0.250. The summed E-state index contributed by atoms with van der Waals surface area (Å²) in [6.07, 6.45) is 17.6. The monoisotopic (exact) mass is 157 g/mol. The Morgan fingerprint density at radius 1 is 1.50 bits per heavy atom. The average Bonchev–Trinajstić information content (AvgIpc) is 2.56.